The molecule has 49 heavy (non-hydrogen) atoms. The Bertz CT molecular complexity index is 1320. The second kappa shape index (κ2) is 17.4. The predicted molar refractivity (Wildman–Crippen MR) is 185 cm³/mol. The Morgan fingerprint density at radius 2 is 1.94 bits per heavy atom. The first kappa shape index (κ1) is 38.3. The van der Waals surface area contributed by atoms with Crippen molar-refractivity contribution in [3.8, 4) is 0 Å². The molecule has 0 aromatic heterocycles. The molecule has 2 bridgehead atoms. The number of fused-ring (bicyclic) bond motifs is 1. The lowest BCUT2D eigenvalue weighted by Gasteiger charge is -2.41. The van der Waals surface area contributed by atoms with Crippen LogP contribution in [0.1, 0.15) is 77.4 Å². The number of hydrogen-bond acceptors (Lipinski definition) is 8. The molecule has 270 valence electrons. The molecular formula is C38H55N3O8. The van der Waals surface area contributed by atoms with E-state index in [2.05, 4.69) is 18.5 Å². The van der Waals surface area contributed by atoms with Crippen LogP contribution < -0.4 is 5.32 Å². The van der Waals surface area contributed by atoms with Gasteiger partial charge in [0.2, 0.25) is 17.7 Å². The second-order valence-corrected chi connectivity index (χ2v) is 13.6. The minimum Gasteiger partial charge on any atom is -0.455 e. The van der Waals surface area contributed by atoms with E-state index >= 15 is 0 Å². The van der Waals surface area contributed by atoms with E-state index in [1.165, 1.54) is 12.0 Å². The van der Waals surface area contributed by atoms with E-state index in [0.717, 1.165) is 12.8 Å². The summed E-state index contributed by atoms with van der Waals surface area (Å²) in [6, 6.07) is 6.74. The van der Waals surface area contributed by atoms with Crippen molar-refractivity contribution in [2.45, 2.75) is 102 Å². The molecule has 0 saturated carbocycles. The zero-order valence-corrected chi connectivity index (χ0v) is 29.6. The number of benzene rings is 1. The summed E-state index contributed by atoms with van der Waals surface area (Å²) in [6.45, 7) is 14.1. The molecule has 4 rings (SSSR count). The summed E-state index contributed by atoms with van der Waals surface area (Å²) in [5, 5.41) is 13.6. The van der Waals surface area contributed by atoms with Gasteiger partial charge in [0, 0.05) is 26.6 Å². The van der Waals surface area contributed by atoms with E-state index in [-0.39, 0.29) is 43.3 Å². The lowest BCUT2D eigenvalue weighted by molar-refractivity contribution is -0.164. The number of rotatable bonds is 20. The number of amides is 3. The Morgan fingerprint density at radius 1 is 1.20 bits per heavy atom. The fourth-order valence-corrected chi connectivity index (χ4v) is 7.90. The van der Waals surface area contributed by atoms with Crippen LogP contribution in [-0.2, 0) is 33.4 Å². The summed E-state index contributed by atoms with van der Waals surface area (Å²) in [6.07, 6.45) is 5.70. The number of methoxy groups -OCH3 is 1. The molecule has 9 atom stereocenters. The summed E-state index contributed by atoms with van der Waals surface area (Å²) in [4.78, 5) is 59.8. The molecule has 1 aromatic rings. The molecule has 2 N–H and O–H groups in total. The molecule has 0 aliphatic carbocycles. The largest absolute Gasteiger partial charge is 0.455 e. The number of allylic oxidation sites excluding steroid dienone is 1. The zero-order chi connectivity index (χ0) is 35.7. The van der Waals surface area contributed by atoms with Gasteiger partial charge in [0.05, 0.1) is 43.2 Å². The number of likely N-dealkylation sites (tertiary alicyclic amines) is 1. The van der Waals surface area contributed by atoms with Crippen molar-refractivity contribution < 1.29 is 38.5 Å². The van der Waals surface area contributed by atoms with Crippen LogP contribution in [0.4, 0.5) is 0 Å². The van der Waals surface area contributed by atoms with Crippen molar-refractivity contribution in [3.05, 3.63) is 61.2 Å². The Hall–Kier alpha value is -3.54. The first-order valence-electron chi connectivity index (χ1n) is 17.8. The molecule has 0 radical (unpaired) electrons. The maximum Gasteiger partial charge on any atom is 0.313 e. The van der Waals surface area contributed by atoms with Gasteiger partial charge in [-0.05, 0) is 37.2 Å². The Labute approximate surface area is 291 Å². The Balaban J connectivity index is 1.74. The standard InChI is InChI=1S/C38H55N3O8/c1-7-11-18-30(43)39-27(24-47-6)33(26-16-14-13-15-17-26)48-37(46)31-29-19-20-38(49-29)32(31)35(44)41(28(23-42)25(5)10-4)34(38)36(45)40(21-9-3)22-12-8-2/h7,9,13-17,25,27-29,31-34,42H,1,3,8,10-12,18-24H2,2,4-6H3,(H,39,43)/t25-,27-,28-,29-,31+,32+,33-,34-,38+/m0/s1. The third-order valence-corrected chi connectivity index (χ3v) is 10.5. The molecule has 3 fully saturated rings. The van der Waals surface area contributed by atoms with Gasteiger partial charge in [0.1, 0.15) is 17.7 Å². The highest BCUT2D eigenvalue weighted by Gasteiger charge is 2.76. The van der Waals surface area contributed by atoms with Crippen molar-refractivity contribution >= 4 is 23.7 Å². The summed E-state index contributed by atoms with van der Waals surface area (Å²) < 4.78 is 18.4. The van der Waals surface area contributed by atoms with Crippen molar-refractivity contribution in [1.82, 2.24) is 15.1 Å². The van der Waals surface area contributed by atoms with Crippen molar-refractivity contribution in [3.63, 3.8) is 0 Å². The van der Waals surface area contributed by atoms with E-state index in [1.807, 2.05) is 51.1 Å². The topological polar surface area (TPSA) is 135 Å². The van der Waals surface area contributed by atoms with Crippen molar-refractivity contribution in [2.75, 3.05) is 33.4 Å². The predicted octanol–water partition coefficient (Wildman–Crippen LogP) is 3.96. The fraction of sp³-hybridized carbons (Fsp3) is 0.632. The van der Waals surface area contributed by atoms with E-state index in [0.29, 0.717) is 44.3 Å². The average molecular weight is 682 g/mol. The van der Waals surface area contributed by atoms with Gasteiger partial charge in [-0.3, -0.25) is 19.2 Å². The summed E-state index contributed by atoms with van der Waals surface area (Å²) in [7, 11) is 1.51. The monoisotopic (exact) mass is 681 g/mol. The van der Waals surface area contributed by atoms with Gasteiger partial charge in [0.15, 0.2) is 0 Å². The SMILES string of the molecule is C=CCCC(=O)N[C@@H](COC)[C@@H](OC(=O)[C@@H]1[C@@H]2CC[C@]3(O2)[C@H](C(=O)N(CC=C)CCCC)N([C@@H](CO)[C@@H](C)CC)C(=O)[C@@H]13)c1ccccc1. The molecule has 3 heterocycles. The average Bonchev–Trinajstić information content (AvgIpc) is 3.75. The number of carbonyl (C=O) groups excluding carboxylic acids is 4. The molecule has 11 nitrogen and oxygen atoms in total. The maximum absolute atomic E-state index is 14.7. The molecule has 3 aliphatic heterocycles. The first-order chi connectivity index (χ1) is 23.6. The van der Waals surface area contributed by atoms with Crippen molar-refractivity contribution in [2.24, 2.45) is 17.8 Å². The van der Waals surface area contributed by atoms with E-state index in [4.69, 9.17) is 14.2 Å². The molecular weight excluding hydrogens is 626 g/mol. The highest BCUT2D eigenvalue weighted by atomic mass is 16.6. The minimum absolute atomic E-state index is 0.0674. The third kappa shape index (κ3) is 7.79. The van der Waals surface area contributed by atoms with Crippen LogP contribution in [0, 0.1) is 17.8 Å². The molecule has 11 heteroatoms. The van der Waals surface area contributed by atoms with Crippen LogP contribution in [0.25, 0.3) is 0 Å². The number of nitrogens with one attached hydrogen (secondary N) is 1. The second-order valence-electron chi connectivity index (χ2n) is 13.6. The molecule has 0 unspecified atom stereocenters. The van der Waals surface area contributed by atoms with Crippen LogP contribution in [0.2, 0.25) is 0 Å². The number of carbonyl (C=O) groups is 4. The summed E-state index contributed by atoms with van der Waals surface area (Å²) >= 11 is 0. The van der Waals surface area contributed by atoms with E-state index in [1.54, 1.807) is 17.1 Å². The number of aliphatic hydroxyl groups excluding tert-OH is 1. The fourth-order valence-electron chi connectivity index (χ4n) is 7.90. The number of ether oxygens (including phenoxy) is 3. The van der Waals surface area contributed by atoms with Gasteiger partial charge in [0.25, 0.3) is 0 Å². The van der Waals surface area contributed by atoms with Crippen LogP contribution in [0.3, 0.4) is 0 Å². The third-order valence-electron chi connectivity index (χ3n) is 10.5. The first-order valence-corrected chi connectivity index (χ1v) is 17.8. The number of hydrogen-bond donors (Lipinski definition) is 2. The summed E-state index contributed by atoms with van der Waals surface area (Å²) in [5.41, 5.74) is -0.594. The molecule has 3 aliphatic rings. The Kier molecular flexibility index (Phi) is 13.6. The molecule has 3 saturated heterocycles. The zero-order valence-electron chi connectivity index (χ0n) is 29.6. The number of aliphatic hydroxyl groups is 1. The van der Waals surface area contributed by atoms with E-state index in [9.17, 15) is 24.3 Å². The minimum atomic E-state index is -1.25. The number of unbranched alkanes of at least 4 members (excludes halogenated alkanes) is 1. The van der Waals surface area contributed by atoms with Gasteiger partial charge in [-0.25, -0.2) is 0 Å². The van der Waals surface area contributed by atoms with Gasteiger partial charge in [-0.1, -0.05) is 76.1 Å². The van der Waals surface area contributed by atoms with Crippen LogP contribution in [-0.4, -0.2) is 102 Å². The smallest absolute Gasteiger partial charge is 0.313 e. The van der Waals surface area contributed by atoms with Crippen LogP contribution in [0.15, 0.2) is 55.6 Å². The lowest BCUT2D eigenvalue weighted by atomic mass is 9.70. The normalized spacial score (nSPS) is 26.4. The molecule has 3 amide bonds. The van der Waals surface area contributed by atoms with Gasteiger partial charge in [-0.2, -0.15) is 0 Å². The van der Waals surface area contributed by atoms with Crippen molar-refractivity contribution in [1.29, 1.82) is 0 Å². The Morgan fingerprint density at radius 3 is 2.55 bits per heavy atom. The quantitative estimate of drug-likeness (QED) is 0.156. The van der Waals surface area contributed by atoms with Crippen LogP contribution in [0.5, 0.6) is 0 Å². The molecule has 1 aromatic carbocycles. The van der Waals surface area contributed by atoms with Gasteiger partial charge < -0.3 is 34.4 Å². The van der Waals surface area contributed by atoms with Gasteiger partial charge in [-0.15, -0.1) is 13.2 Å². The lowest BCUT2D eigenvalue weighted by Crippen LogP contribution is -2.59. The highest BCUT2D eigenvalue weighted by Crippen LogP contribution is 2.59. The van der Waals surface area contributed by atoms with Gasteiger partial charge >= 0.3 is 5.97 Å². The van der Waals surface area contributed by atoms with E-state index < -0.39 is 53.7 Å². The highest BCUT2D eigenvalue weighted by molar-refractivity contribution is 5.98. The molecule has 1 spiro atoms. The maximum atomic E-state index is 14.7. The van der Waals surface area contributed by atoms with Crippen LogP contribution >= 0.6 is 0 Å². The number of nitrogens with zero attached hydrogens (tertiary/aromatic N) is 2. The summed E-state index contributed by atoms with van der Waals surface area (Å²) in [5.74, 6) is -3.58. The number of esters is 1.